The molecule has 1 aliphatic rings. The second kappa shape index (κ2) is 11.5. The molecule has 4 nitrogen and oxygen atoms in total. The van der Waals surface area contributed by atoms with Crippen molar-refractivity contribution in [3.8, 4) is 0 Å². The molecule has 0 bridgehead atoms. The summed E-state index contributed by atoms with van der Waals surface area (Å²) in [6.07, 6.45) is 10.4. The smallest absolute Gasteiger partial charge is 0.410 e. The third-order valence-corrected chi connectivity index (χ3v) is 6.82. The van der Waals surface area contributed by atoms with Crippen molar-refractivity contribution in [1.82, 2.24) is 4.90 Å². The van der Waals surface area contributed by atoms with E-state index in [-0.39, 0.29) is 11.5 Å². The molecule has 4 heteroatoms. The number of allylic oxidation sites excluding steroid dienone is 1. The van der Waals surface area contributed by atoms with Gasteiger partial charge in [0.25, 0.3) is 0 Å². The average Bonchev–Trinajstić information content (AvgIpc) is 3.17. The third kappa shape index (κ3) is 6.37. The summed E-state index contributed by atoms with van der Waals surface area (Å²) < 4.78 is 5.15. The molecule has 34 heavy (non-hydrogen) atoms. The van der Waals surface area contributed by atoms with Gasteiger partial charge in [-0.05, 0) is 79.5 Å². The Labute approximate surface area is 205 Å². The van der Waals surface area contributed by atoms with E-state index in [1.807, 2.05) is 0 Å². The van der Waals surface area contributed by atoms with Crippen LogP contribution in [0.1, 0.15) is 72.6 Å². The second-order valence-corrected chi connectivity index (χ2v) is 10.1. The van der Waals surface area contributed by atoms with E-state index in [1.54, 1.807) is 4.90 Å². The zero-order valence-electron chi connectivity index (χ0n) is 21.5. The van der Waals surface area contributed by atoms with Crippen LogP contribution >= 0.6 is 0 Å². The van der Waals surface area contributed by atoms with E-state index in [0.29, 0.717) is 26.1 Å². The van der Waals surface area contributed by atoms with Gasteiger partial charge in [0.15, 0.2) is 0 Å². The Morgan fingerprint density at radius 1 is 1.09 bits per heavy atom. The van der Waals surface area contributed by atoms with Crippen molar-refractivity contribution >= 4 is 18.4 Å². The normalized spacial score (nSPS) is 15.6. The number of benzene rings is 2. The zero-order chi connectivity index (χ0) is 24.7. The van der Waals surface area contributed by atoms with E-state index in [1.165, 1.54) is 39.6 Å². The summed E-state index contributed by atoms with van der Waals surface area (Å²) in [7, 11) is 0. The predicted octanol–water partition coefficient (Wildman–Crippen LogP) is 7.07. The van der Waals surface area contributed by atoms with E-state index < -0.39 is 0 Å². The molecule has 2 aromatic carbocycles. The molecule has 1 heterocycles. The first-order valence-electron chi connectivity index (χ1n) is 12.5. The Kier molecular flexibility index (Phi) is 8.71. The lowest BCUT2D eigenvalue weighted by Crippen LogP contribution is -2.26. The van der Waals surface area contributed by atoms with Crippen LogP contribution in [0.25, 0.3) is 6.08 Å². The number of nitrogens with zero attached hydrogens (tertiary/aromatic N) is 1. The SMILES string of the molecule is CC=Cc1ccc(C)cc1CC(C)(CCC)Cc1cc(C)cc(CN2CCOC2=O)c1CC=N. The number of ether oxygens (including phenoxy) is 1. The summed E-state index contributed by atoms with van der Waals surface area (Å²) in [4.78, 5) is 13.9. The molecule has 1 fully saturated rings. The fourth-order valence-corrected chi connectivity index (χ4v) is 5.40. The van der Waals surface area contributed by atoms with Gasteiger partial charge in [-0.2, -0.15) is 0 Å². The van der Waals surface area contributed by atoms with Crippen LogP contribution in [0.5, 0.6) is 0 Å². The van der Waals surface area contributed by atoms with E-state index in [2.05, 4.69) is 77.1 Å². The Morgan fingerprint density at radius 3 is 2.44 bits per heavy atom. The lowest BCUT2D eigenvalue weighted by molar-refractivity contribution is 0.157. The van der Waals surface area contributed by atoms with Crippen molar-refractivity contribution in [3.63, 3.8) is 0 Å². The lowest BCUT2D eigenvalue weighted by Gasteiger charge is -2.32. The number of nitrogens with one attached hydrogen (secondary N) is 1. The van der Waals surface area contributed by atoms with E-state index >= 15 is 0 Å². The highest BCUT2D eigenvalue weighted by Gasteiger charge is 2.28. The van der Waals surface area contributed by atoms with Crippen molar-refractivity contribution < 1.29 is 9.53 Å². The minimum atomic E-state index is -0.240. The van der Waals surface area contributed by atoms with Gasteiger partial charge in [-0.1, -0.05) is 73.9 Å². The summed E-state index contributed by atoms with van der Waals surface area (Å²) in [6, 6.07) is 11.2. The van der Waals surface area contributed by atoms with Crippen molar-refractivity contribution in [3.05, 3.63) is 75.4 Å². The molecular weight excluding hydrogens is 420 g/mol. The van der Waals surface area contributed by atoms with Crippen molar-refractivity contribution in [2.45, 2.75) is 73.3 Å². The molecule has 0 aliphatic carbocycles. The third-order valence-electron chi connectivity index (χ3n) is 6.82. The number of cyclic esters (lactones) is 1. The maximum Gasteiger partial charge on any atom is 0.410 e. The van der Waals surface area contributed by atoms with Gasteiger partial charge in [0.05, 0.1) is 6.54 Å². The van der Waals surface area contributed by atoms with Crippen LogP contribution in [-0.4, -0.2) is 30.4 Å². The molecule has 0 spiro atoms. The highest BCUT2D eigenvalue weighted by molar-refractivity contribution is 5.69. The standard InChI is InChI=1S/C30H40N2O2/c1-6-8-24-10-9-22(3)16-25(24)19-30(5,12-7-2)20-26-17-23(4)18-27(28(26)11-13-31)21-32-14-15-34-29(32)33/h6,8-10,13,16-18,31H,7,11-12,14-15,19-21H2,1-5H3. The quantitative estimate of drug-likeness (QED) is 0.365. The van der Waals surface area contributed by atoms with E-state index in [4.69, 9.17) is 10.1 Å². The maximum absolute atomic E-state index is 12.1. The number of amides is 1. The van der Waals surface area contributed by atoms with Crippen LogP contribution < -0.4 is 0 Å². The van der Waals surface area contributed by atoms with Crippen LogP contribution in [0, 0.1) is 24.7 Å². The molecule has 0 aromatic heterocycles. The number of hydrogen-bond acceptors (Lipinski definition) is 3. The number of aryl methyl sites for hydroxylation is 2. The molecule has 1 atom stereocenters. The molecule has 1 amide bonds. The molecule has 1 unspecified atom stereocenters. The lowest BCUT2D eigenvalue weighted by atomic mass is 9.73. The van der Waals surface area contributed by atoms with Crippen LogP contribution in [0.15, 0.2) is 36.4 Å². The van der Waals surface area contributed by atoms with E-state index in [9.17, 15) is 4.79 Å². The number of carbonyl (C=O) groups is 1. The van der Waals surface area contributed by atoms with Gasteiger partial charge >= 0.3 is 6.09 Å². The molecule has 1 saturated heterocycles. The first-order chi connectivity index (χ1) is 16.3. The van der Waals surface area contributed by atoms with Gasteiger partial charge in [-0.3, -0.25) is 0 Å². The summed E-state index contributed by atoms with van der Waals surface area (Å²) in [6.45, 7) is 12.7. The van der Waals surface area contributed by atoms with Gasteiger partial charge in [0.1, 0.15) is 6.61 Å². The molecule has 0 radical (unpaired) electrons. The highest BCUT2D eigenvalue weighted by Crippen LogP contribution is 2.36. The summed E-state index contributed by atoms with van der Waals surface area (Å²) >= 11 is 0. The van der Waals surface area contributed by atoms with Crippen LogP contribution in [0.4, 0.5) is 4.79 Å². The molecule has 0 saturated carbocycles. The number of rotatable bonds is 11. The van der Waals surface area contributed by atoms with Crippen molar-refractivity contribution in [2.24, 2.45) is 5.41 Å². The molecule has 2 aromatic rings. The number of carbonyl (C=O) groups excluding carboxylic acids is 1. The molecule has 3 rings (SSSR count). The predicted molar refractivity (Wildman–Crippen MR) is 142 cm³/mol. The highest BCUT2D eigenvalue weighted by atomic mass is 16.6. The molecule has 182 valence electrons. The van der Waals surface area contributed by atoms with Crippen LogP contribution in [0.2, 0.25) is 0 Å². The summed E-state index contributed by atoms with van der Waals surface area (Å²) in [5.41, 5.74) is 8.93. The maximum atomic E-state index is 12.1. The fourth-order valence-electron chi connectivity index (χ4n) is 5.40. The number of hydrogen-bond donors (Lipinski definition) is 1. The summed E-state index contributed by atoms with van der Waals surface area (Å²) in [5.74, 6) is 0. The Bertz CT molecular complexity index is 1060. The average molecular weight is 461 g/mol. The topological polar surface area (TPSA) is 53.4 Å². The Balaban J connectivity index is 1.99. The molecule has 1 aliphatic heterocycles. The Hall–Kier alpha value is -2.88. The van der Waals surface area contributed by atoms with Gasteiger partial charge in [-0.25, -0.2) is 4.79 Å². The minimum absolute atomic E-state index is 0.0906. The first-order valence-corrected chi connectivity index (χ1v) is 12.5. The van der Waals surface area contributed by atoms with E-state index in [0.717, 1.165) is 31.2 Å². The molecular formula is C30H40N2O2. The van der Waals surface area contributed by atoms with Gasteiger partial charge in [-0.15, -0.1) is 0 Å². The molecule has 1 N–H and O–H groups in total. The monoisotopic (exact) mass is 460 g/mol. The largest absolute Gasteiger partial charge is 0.448 e. The Morgan fingerprint density at radius 2 is 1.79 bits per heavy atom. The summed E-state index contributed by atoms with van der Waals surface area (Å²) in [5, 5.41) is 7.86. The van der Waals surface area contributed by atoms with Crippen LogP contribution in [-0.2, 0) is 30.5 Å². The minimum Gasteiger partial charge on any atom is -0.448 e. The van der Waals surface area contributed by atoms with Crippen molar-refractivity contribution in [2.75, 3.05) is 13.2 Å². The van der Waals surface area contributed by atoms with Gasteiger partial charge < -0.3 is 15.0 Å². The van der Waals surface area contributed by atoms with Gasteiger partial charge in [0, 0.05) is 13.0 Å². The first kappa shape index (κ1) is 25.7. The zero-order valence-corrected chi connectivity index (χ0v) is 21.5. The second-order valence-electron chi connectivity index (χ2n) is 10.1. The van der Waals surface area contributed by atoms with Crippen molar-refractivity contribution in [1.29, 1.82) is 5.41 Å². The fraction of sp³-hybridized carbons (Fsp3) is 0.467. The van der Waals surface area contributed by atoms with Gasteiger partial charge in [0.2, 0.25) is 0 Å². The van der Waals surface area contributed by atoms with Crippen LogP contribution in [0.3, 0.4) is 0 Å².